The van der Waals surface area contributed by atoms with E-state index in [0.717, 1.165) is 22.9 Å². The molecule has 22 heavy (non-hydrogen) atoms. The van der Waals surface area contributed by atoms with Gasteiger partial charge in [0.05, 0.1) is 11.4 Å². The molecule has 0 bridgehead atoms. The van der Waals surface area contributed by atoms with Crippen molar-refractivity contribution in [3.63, 3.8) is 0 Å². The molecule has 0 radical (unpaired) electrons. The third kappa shape index (κ3) is 2.69. The largest absolute Gasteiger partial charge is 0.296 e. The molecule has 0 spiro atoms. The Morgan fingerprint density at radius 2 is 2.09 bits per heavy atom. The minimum Gasteiger partial charge on any atom is -0.296 e. The Morgan fingerprint density at radius 3 is 2.77 bits per heavy atom. The number of aryl methyl sites for hydroxylation is 2. The highest BCUT2D eigenvalue weighted by molar-refractivity contribution is 7.15. The van der Waals surface area contributed by atoms with Gasteiger partial charge in [0.15, 0.2) is 4.96 Å². The summed E-state index contributed by atoms with van der Waals surface area (Å²) in [7, 11) is 3.99. The van der Waals surface area contributed by atoms with Crippen LogP contribution in [0.1, 0.15) is 22.6 Å². The molecule has 0 saturated heterocycles. The summed E-state index contributed by atoms with van der Waals surface area (Å²) < 4.78 is 3.48. The standard InChI is InChI=1S/C15H19N5OS/c1-10-13(11(2)19(4)17-10)9-18(3)8-12-7-14(21)20-5-6-22-15(20)16-12/h5-7H,8-9H2,1-4H3. The predicted molar refractivity (Wildman–Crippen MR) is 87.2 cm³/mol. The molecule has 3 rings (SSSR count). The van der Waals surface area contributed by atoms with Gasteiger partial charge in [0.2, 0.25) is 0 Å². The summed E-state index contributed by atoms with van der Waals surface area (Å²) in [6.45, 7) is 5.53. The highest BCUT2D eigenvalue weighted by atomic mass is 32.1. The normalized spacial score (nSPS) is 11.7. The van der Waals surface area contributed by atoms with Crippen molar-refractivity contribution in [1.82, 2.24) is 24.1 Å². The van der Waals surface area contributed by atoms with Crippen LogP contribution in [0.4, 0.5) is 0 Å². The maximum absolute atomic E-state index is 12.0. The monoisotopic (exact) mass is 317 g/mol. The summed E-state index contributed by atoms with van der Waals surface area (Å²) in [4.78, 5) is 19.5. The van der Waals surface area contributed by atoms with Crippen LogP contribution in [0.5, 0.6) is 0 Å². The fraction of sp³-hybridized carbons (Fsp3) is 0.400. The minimum absolute atomic E-state index is 0.0246. The van der Waals surface area contributed by atoms with E-state index in [-0.39, 0.29) is 5.56 Å². The van der Waals surface area contributed by atoms with Crippen molar-refractivity contribution >= 4 is 16.3 Å². The van der Waals surface area contributed by atoms with Gasteiger partial charge in [-0.2, -0.15) is 5.10 Å². The van der Waals surface area contributed by atoms with E-state index in [0.29, 0.717) is 6.54 Å². The lowest BCUT2D eigenvalue weighted by molar-refractivity contribution is 0.313. The third-order valence-electron chi connectivity index (χ3n) is 3.88. The number of rotatable bonds is 4. The van der Waals surface area contributed by atoms with E-state index in [1.165, 1.54) is 22.6 Å². The van der Waals surface area contributed by atoms with Crippen LogP contribution >= 0.6 is 11.3 Å². The van der Waals surface area contributed by atoms with Crippen LogP contribution < -0.4 is 5.56 Å². The van der Waals surface area contributed by atoms with E-state index in [1.807, 2.05) is 31.1 Å². The Bertz CT molecular complexity index is 876. The van der Waals surface area contributed by atoms with Gasteiger partial charge in [0.25, 0.3) is 5.56 Å². The molecule has 0 saturated carbocycles. The Hall–Kier alpha value is -1.99. The molecule has 0 aliphatic rings. The van der Waals surface area contributed by atoms with E-state index in [4.69, 9.17) is 0 Å². The lowest BCUT2D eigenvalue weighted by Gasteiger charge is -2.16. The first-order valence-electron chi connectivity index (χ1n) is 7.09. The second-order valence-electron chi connectivity index (χ2n) is 5.59. The fourth-order valence-corrected chi connectivity index (χ4v) is 3.36. The summed E-state index contributed by atoms with van der Waals surface area (Å²) in [6, 6.07) is 1.61. The van der Waals surface area contributed by atoms with Crippen molar-refractivity contribution < 1.29 is 0 Å². The summed E-state index contributed by atoms with van der Waals surface area (Å²) in [5.41, 5.74) is 4.23. The Morgan fingerprint density at radius 1 is 1.32 bits per heavy atom. The second-order valence-corrected chi connectivity index (χ2v) is 6.46. The SMILES string of the molecule is Cc1nn(C)c(C)c1CN(C)Cc1cc(=O)n2ccsc2n1. The van der Waals surface area contributed by atoms with Gasteiger partial charge in [0, 0.05) is 49.0 Å². The molecular formula is C15H19N5OS. The number of nitrogens with zero attached hydrogens (tertiary/aromatic N) is 5. The van der Waals surface area contributed by atoms with Gasteiger partial charge in [0.1, 0.15) is 0 Å². The maximum atomic E-state index is 12.0. The van der Waals surface area contributed by atoms with E-state index < -0.39 is 0 Å². The van der Waals surface area contributed by atoms with Crippen LogP contribution in [0, 0.1) is 13.8 Å². The molecule has 3 heterocycles. The highest BCUT2D eigenvalue weighted by Gasteiger charge is 2.13. The lowest BCUT2D eigenvalue weighted by Crippen LogP contribution is -2.21. The summed E-state index contributed by atoms with van der Waals surface area (Å²) in [5.74, 6) is 0. The van der Waals surface area contributed by atoms with Crippen molar-refractivity contribution in [2.75, 3.05) is 7.05 Å². The summed E-state index contributed by atoms with van der Waals surface area (Å²) in [5, 5.41) is 6.32. The van der Waals surface area contributed by atoms with Gasteiger partial charge in [-0.15, -0.1) is 11.3 Å². The molecule has 0 fully saturated rings. The van der Waals surface area contributed by atoms with E-state index >= 15 is 0 Å². The molecule has 0 aromatic carbocycles. The lowest BCUT2D eigenvalue weighted by atomic mass is 10.2. The molecule has 6 nitrogen and oxygen atoms in total. The molecule has 0 N–H and O–H groups in total. The van der Waals surface area contributed by atoms with Crippen molar-refractivity contribution in [2.45, 2.75) is 26.9 Å². The molecule has 3 aromatic rings. The van der Waals surface area contributed by atoms with Gasteiger partial charge < -0.3 is 0 Å². The first-order chi connectivity index (χ1) is 10.5. The van der Waals surface area contributed by atoms with Gasteiger partial charge in [-0.25, -0.2) is 4.98 Å². The zero-order valence-electron chi connectivity index (χ0n) is 13.2. The maximum Gasteiger partial charge on any atom is 0.258 e. The minimum atomic E-state index is -0.0246. The molecule has 0 aliphatic heterocycles. The third-order valence-corrected chi connectivity index (χ3v) is 4.63. The quantitative estimate of drug-likeness (QED) is 0.735. The van der Waals surface area contributed by atoms with Gasteiger partial charge in [-0.3, -0.25) is 18.8 Å². The Balaban J connectivity index is 1.80. The molecule has 0 amide bonds. The van der Waals surface area contributed by atoms with E-state index in [2.05, 4.69) is 21.9 Å². The van der Waals surface area contributed by atoms with Crippen LogP contribution in [0.15, 0.2) is 22.4 Å². The Kier molecular flexibility index (Phi) is 3.84. The van der Waals surface area contributed by atoms with Crippen LogP contribution in [0.3, 0.4) is 0 Å². The molecule has 0 unspecified atom stereocenters. The first kappa shape index (κ1) is 14.9. The Labute approximate surface area is 132 Å². The average molecular weight is 317 g/mol. The fourth-order valence-electron chi connectivity index (χ4n) is 2.62. The molecule has 3 aromatic heterocycles. The van der Waals surface area contributed by atoms with Gasteiger partial charge in [-0.1, -0.05) is 0 Å². The number of thiazole rings is 1. The summed E-state index contributed by atoms with van der Waals surface area (Å²) >= 11 is 1.47. The number of hydrogen-bond donors (Lipinski definition) is 0. The van der Waals surface area contributed by atoms with Crippen LogP contribution in [0.2, 0.25) is 0 Å². The second kappa shape index (κ2) is 5.66. The molecular weight excluding hydrogens is 298 g/mol. The van der Waals surface area contributed by atoms with Crippen molar-refractivity contribution in [3.05, 3.63) is 50.6 Å². The number of aromatic nitrogens is 4. The zero-order chi connectivity index (χ0) is 15.9. The van der Waals surface area contributed by atoms with Crippen molar-refractivity contribution in [2.24, 2.45) is 7.05 Å². The topological polar surface area (TPSA) is 55.4 Å². The molecule has 7 heteroatoms. The van der Waals surface area contributed by atoms with Crippen molar-refractivity contribution in [1.29, 1.82) is 0 Å². The molecule has 116 valence electrons. The molecule has 0 atom stereocenters. The predicted octanol–water partition coefficient (Wildman–Crippen LogP) is 1.74. The highest BCUT2D eigenvalue weighted by Crippen LogP contribution is 2.15. The van der Waals surface area contributed by atoms with E-state index in [1.54, 1.807) is 16.7 Å². The van der Waals surface area contributed by atoms with Crippen LogP contribution in [-0.4, -0.2) is 31.1 Å². The van der Waals surface area contributed by atoms with Gasteiger partial charge in [-0.05, 0) is 20.9 Å². The smallest absolute Gasteiger partial charge is 0.258 e. The van der Waals surface area contributed by atoms with Gasteiger partial charge >= 0.3 is 0 Å². The summed E-state index contributed by atoms with van der Waals surface area (Å²) in [6.07, 6.45) is 1.76. The van der Waals surface area contributed by atoms with Crippen LogP contribution in [0.25, 0.3) is 4.96 Å². The van der Waals surface area contributed by atoms with E-state index in [9.17, 15) is 4.79 Å². The first-order valence-corrected chi connectivity index (χ1v) is 7.97. The zero-order valence-corrected chi connectivity index (χ0v) is 14.0. The number of hydrogen-bond acceptors (Lipinski definition) is 5. The van der Waals surface area contributed by atoms with Crippen molar-refractivity contribution in [3.8, 4) is 0 Å². The average Bonchev–Trinajstić information content (AvgIpc) is 3.00. The molecule has 0 aliphatic carbocycles. The van der Waals surface area contributed by atoms with Crippen LogP contribution in [-0.2, 0) is 20.1 Å². The number of fused-ring (bicyclic) bond motifs is 1.